The van der Waals surface area contributed by atoms with Crippen LogP contribution in [-0.4, -0.2) is 42.1 Å². The van der Waals surface area contributed by atoms with Crippen molar-refractivity contribution in [3.8, 4) is 11.6 Å². The Labute approximate surface area is 182 Å². The number of nitrogens with one attached hydrogen (secondary N) is 3. The van der Waals surface area contributed by atoms with E-state index < -0.39 is 12.1 Å². The number of ether oxygens (including phenoxy) is 1. The maximum absolute atomic E-state index is 12.5. The van der Waals surface area contributed by atoms with Crippen LogP contribution < -0.4 is 26.4 Å². The second-order valence-electron chi connectivity index (χ2n) is 7.38. The van der Waals surface area contributed by atoms with Crippen LogP contribution in [0, 0.1) is 0 Å². The van der Waals surface area contributed by atoms with Crippen molar-refractivity contribution in [1.82, 2.24) is 24.6 Å². The number of aromatic hydroxyl groups is 1. The Morgan fingerprint density at radius 2 is 2.09 bits per heavy atom. The van der Waals surface area contributed by atoms with Crippen LogP contribution in [0.3, 0.4) is 0 Å². The lowest BCUT2D eigenvalue weighted by Gasteiger charge is -2.11. The minimum atomic E-state index is -4.81. The van der Waals surface area contributed by atoms with Crippen LogP contribution in [0.1, 0.15) is 18.5 Å². The zero-order valence-corrected chi connectivity index (χ0v) is 16.7. The lowest BCUT2D eigenvalue weighted by atomic mass is 10.3. The van der Waals surface area contributed by atoms with Crippen molar-refractivity contribution in [3.05, 3.63) is 63.4 Å². The van der Waals surface area contributed by atoms with E-state index in [9.17, 15) is 23.1 Å². The molecule has 4 aromatic rings. The molecule has 1 saturated carbocycles. The Hall–Kier alpha value is -4.29. The van der Waals surface area contributed by atoms with Gasteiger partial charge in [0.25, 0.3) is 0 Å². The molecular weight excluding hydrogens is 443 g/mol. The van der Waals surface area contributed by atoms with Crippen molar-refractivity contribution >= 4 is 23.2 Å². The second kappa shape index (κ2) is 7.69. The highest BCUT2D eigenvalue weighted by Crippen LogP contribution is 2.26. The van der Waals surface area contributed by atoms with Gasteiger partial charge in [0.15, 0.2) is 11.1 Å². The van der Waals surface area contributed by atoms with Gasteiger partial charge in [0.1, 0.15) is 17.3 Å². The van der Waals surface area contributed by atoms with Crippen LogP contribution in [-0.2, 0) is 0 Å². The minimum absolute atomic E-state index is 0.146. The molecule has 33 heavy (non-hydrogen) atoms. The highest BCUT2D eigenvalue weighted by Gasteiger charge is 2.31. The van der Waals surface area contributed by atoms with Crippen LogP contribution in [0.5, 0.6) is 11.6 Å². The van der Waals surface area contributed by atoms with Crippen molar-refractivity contribution in [3.63, 3.8) is 0 Å². The SMILES string of the molecule is O=c1[nH]c(O)c(/C=c2/cnn3c(=NC4CC4)cc(Nc4cccc(OC(F)(F)F)c4)nc23)[nH]1. The van der Waals surface area contributed by atoms with E-state index in [1.165, 1.54) is 35.0 Å². The van der Waals surface area contributed by atoms with Gasteiger partial charge in [0, 0.05) is 23.0 Å². The lowest BCUT2D eigenvalue weighted by molar-refractivity contribution is -0.274. The van der Waals surface area contributed by atoms with Gasteiger partial charge in [0.2, 0.25) is 5.88 Å². The fraction of sp³-hybridized carbons (Fsp3) is 0.200. The van der Waals surface area contributed by atoms with Crippen LogP contribution in [0.4, 0.5) is 24.7 Å². The molecule has 1 aliphatic rings. The predicted molar refractivity (Wildman–Crippen MR) is 110 cm³/mol. The standard InChI is InChI=1S/C20H16F3N7O3/c21-20(22,23)33-13-3-1-2-12(7-13)25-15-8-16(26-11-4-5-11)30-17(28-15)10(9-24-30)6-14-18(31)29-19(32)27-14/h1-3,6-9,11,25,31H,4-5H2,(H2,27,29,32)/b10-6-,26-16?. The minimum Gasteiger partial charge on any atom is -0.493 e. The first-order valence-electron chi connectivity index (χ1n) is 9.82. The van der Waals surface area contributed by atoms with Gasteiger partial charge in [-0.2, -0.15) is 9.61 Å². The largest absolute Gasteiger partial charge is 0.573 e. The van der Waals surface area contributed by atoms with E-state index in [-0.39, 0.29) is 23.4 Å². The number of H-pyrrole nitrogens is 2. The summed E-state index contributed by atoms with van der Waals surface area (Å²) >= 11 is 0. The molecule has 3 heterocycles. The molecular formula is C20H16F3N7O3. The van der Waals surface area contributed by atoms with Gasteiger partial charge in [-0.3, -0.25) is 9.98 Å². The molecule has 0 amide bonds. The van der Waals surface area contributed by atoms with E-state index in [4.69, 9.17) is 0 Å². The summed E-state index contributed by atoms with van der Waals surface area (Å²) in [4.78, 5) is 25.2. The number of rotatable bonds is 5. The van der Waals surface area contributed by atoms with Crippen LogP contribution in [0.25, 0.3) is 11.7 Å². The molecule has 1 aromatic carbocycles. The van der Waals surface area contributed by atoms with Gasteiger partial charge in [0.05, 0.1) is 12.2 Å². The van der Waals surface area contributed by atoms with Crippen molar-refractivity contribution in [2.75, 3.05) is 5.32 Å². The molecule has 0 aliphatic heterocycles. The number of aromatic nitrogens is 5. The number of anilines is 2. The number of fused-ring (bicyclic) bond motifs is 1. The summed E-state index contributed by atoms with van der Waals surface area (Å²) in [5.74, 6) is -0.396. The zero-order chi connectivity index (χ0) is 23.2. The number of hydrogen-bond acceptors (Lipinski definition) is 7. The number of imidazole rings is 1. The van der Waals surface area contributed by atoms with Crippen molar-refractivity contribution in [2.45, 2.75) is 25.2 Å². The Balaban J connectivity index is 1.59. The van der Waals surface area contributed by atoms with E-state index in [2.05, 4.69) is 35.1 Å². The Morgan fingerprint density at radius 3 is 2.79 bits per heavy atom. The summed E-state index contributed by atoms with van der Waals surface area (Å²) in [5, 5.41) is 17.6. The highest BCUT2D eigenvalue weighted by molar-refractivity contribution is 5.62. The molecule has 170 valence electrons. The van der Waals surface area contributed by atoms with Gasteiger partial charge in [-0.05, 0) is 31.1 Å². The average molecular weight is 459 g/mol. The molecule has 0 radical (unpaired) electrons. The smallest absolute Gasteiger partial charge is 0.493 e. The third kappa shape index (κ3) is 4.66. The lowest BCUT2D eigenvalue weighted by Crippen LogP contribution is -2.20. The van der Waals surface area contributed by atoms with Gasteiger partial charge >= 0.3 is 12.1 Å². The number of halogens is 3. The molecule has 0 spiro atoms. The van der Waals surface area contributed by atoms with Crippen molar-refractivity contribution < 1.29 is 23.0 Å². The van der Waals surface area contributed by atoms with E-state index in [0.29, 0.717) is 27.9 Å². The Bertz CT molecular complexity index is 1520. The molecule has 3 aromatic heterocycles. The summed E-state index contributed by atoms with van der Waals surface area (Å²) in [7, 11) is 0. The van der Waals surface area contributed by atoms with E-state index in [1.54, 1.807) is 12.1 Å². The van der Waals surface area contributed by atoms with E-state index in [1.807, 2.05) is 0 Å². The van der Waals surface area contributed by atoms with Crippen LogP contribution >= 0.6 is 0 Å². The van der Waals surface area contributed by atoms with E-state index in [0.717, 1.165) is 12.8 Å². The summed E-state index contributed by atoms with van der Waals surface area (Å²) in [6.07, 6.45) is 0.0784. The number of benzene rings is 1. The number of hydrogen-bond donors (Lipinski definition) is 4. The quantitative estimate of drug-likeness (QED) is 0.359. The fourth-order valence-electron chi connectivity index (χ4n) is 3.18. The summed E-state index contributed by atoms with van der Waals surface area (Å²) < 4.78 is 43.1. The molecule has 1 fully saturated rings. The third-order valence-electron chi connectivity index (χ3n) is 4.72. The first kappa shape index (κ1) is 20.6. The maximum atomic E-state index is 12.5. The topological polar surface area (TPSA) is 133 Å². The molecule has 0 unspecified atom stereocenters. The van der Waals surface area contributed by atoms with Gasteiger partial charge in [-0.15, -0.1) is 13.2 Å². The Kier molecular flexibility index (Phi) is 4.80. The molecule has 13 heteroatoms. The van der Waals surface area contributed by atoms with Crippen LogP contribution in [0.2, 0.25) is 0 Å². The highest BCUT2D eigenvalue weighted by atomic mass is 19.4. The van der Waals surface area contributed by atoms with Gasteiger partial charge < -0.3 is 20.1 Å². The monoisotopic (exact) mass is 459 g/mol. The first-order chi connectivity index (χ1) is 15.7. The third-order valence-corrected chi connectivity index (χ3v) is 4.72. The fourth-order valence-corrected chi connectivity index (χ4v) is 3.18. The summed E-state index contributed by atoms with van der Waals surface area (Å²) in [5.41, 5.74) is 0.759. The Morgan fingerprint density at radius 1 is 1.27 bits per heavy atom. The van der Waals surface area contributed by atoms with Crippen LogP contribution in [0.15, 0.2) is 46.3 Å². The van der Waals surface area contributed by atoms with Gasteiger partial charge in [-0.25, -0.2) is 9.78 Å². The normalized spacial score (nSPS) is 15.4. The van der Waals surface area contributed by atoms with Crippen molar-refractivity contribution in [1.29, 1.82) is 0 Å². The number of alkyl halides is 3. The molecule has 0 atom stereocenters. The molecule has 0 saturated heterocycles. The molecule has 10 nitrogen and oxygen atoms in total. The molecule has 5 rings (SSSR count). The van der Waals surface area contributed by atoms with E-state index >= 15 is 0 Å². The maximum Gasteiger partial charge on any atom is 0.573 e. The molecule has 4 N–H and O–H groups in total. The second-order valence-corrected chi connectivity index (χ2v) is 7.38. The number of aromatic amines is 2. The average Bonchev–Trinajstić information content (AvgIpc) is 3.36. The molecule has 1 aliphatic carbocycles. The van der Waals surface area contributed by atoms with Crippen molar-refractivity contribution in [2.24, 2.45) is 4.99 Å². The van der Waals surface area contributed by atoms with Gasteiger partial charge in [-0.1, -0.05) is 6.07 Å². The first-order valence-corrected chi connectivity index (χ1v) is 9.82. The number of nitrogens with zero attached hydrogens (tertiary/aromatic N) is 4. The predicted octanol–water partition coefficient (Wildman–Crippen LogP) is 1.70. The zero-order valence-electron chi connectivity index (χ0n) is 16.7. The summed E-state index contributed by atoms with van der Waals surface area (Å²) in [6, 6.07) is 7.17. The summed E-state index contributed by atoms with van der Waals surface area (Å²) in [6.45, 7) is 0. The molecule has 0 bridgehead atoms.